The Hall–Kier alpha value is -2.92. The smallest absolute Gasteiger partial charge is 0.254 e. The number of nitrogens with zero attached hydrogens (tertiary/aromatic N) is 1. The molecule has 33 heavy (non-hydrogen) atoms. The zero-order chi connectivity index (χ0) is 22.8. The molecule has 1 amide bonds. The second kappa shape index (κ2) is 9.14. The summed E-state index contributed by atoms with van der Waals surface area (Å²) in [6.45, 7) is 1.11. The SMILES string of the molecule is O=C(c1cccc(O)c1)N1CC2C(C1)C(Cc1ccccc1)(Cc1ccccc1)CCS2=O. The van der Waals surface area contributed by atoms with Gasteiger partial charge >= 0.3 is 0 Å². The van der Waals surface area contributed by atoms with Gasteiger partial charge in [-0.1, -0.05) is 66.7 Å². The zero-order valence-electron chi connectivity index (χ0n) is 18.6. The van der Waals surface area contributed by atoms with Crippen LogP contribution in [0.15, 0.2) is 84.9 Å². The molecule has 2 aliphatic heterocycles. The molecule has 3 aromatic carbocycles. The summed E-state index contributed by atoms with van der Waals surface area (Å²) < 4.78 is 13.2. The molecule has 0 bridgehead atoms. The topological polar surface area (TPSA) is 57.6 Å². The average Bonchev–Trinajstić information content (AvgIpc) is 3.30. The molecule has 0 saturated carbocycles. The van der Waals surface area contributed by atoms with Gasteiger partial charge in [0.1, 0.15) is 5.75 Å². The molecule has 0 spiro atoms. The summed E-state index contributed by atoms with van der Waals surface area (Å²) >= 11 is 0. The fraction of sp³-hybridized carbons (Fsp3) is 0.321. The Morgan fingerprint density at radius 1 is 0.909 bits per heavy atom. The van der Waals surface area contributed by atoms with Gasteiger partial charge < -0.3 is 10.0 Å². The lowest BCUT2D eigenvalue weighted by Gasteiger charge is -2.45. The van der Waals surface area contributed by atoms with E-state index >= 15 is 0 Å². The van der Waals surface area contributed by atoms with E-state index in [9.17, 15) is 14.1 Å². The van der Waals surface area contributed by atoms with Crippen molar-refractivity contribution in [1.29, 1.82) is 0 Å². The van der Waals surface area contributed by atoms with Crippen LogP contribution in [0, 0.1) is 11.3 Å². The quantitative estimate of drug-likeness (QED) is 0.613. The van der Waals surface area contributed by atoms with Crippen molar-refractivity contribution in [3.05, 3.63) is 102 Å². The van der Waals surface area contributed by atoms with Gasteiger partial charge in [0.2, 0.25) is 0 Å². The third-order valence-corrected chi connectivity index (χ3v) is 9.13. The minimum Gasteiger partial charge on any atom is -0.508 e. The average molecular weight is 460 g/mol. The molecule has 2 fully saturated rings. The Balaban J connectivity index is 1.49. The molecule has 2 heterocycles. The predicted molar refractivity (Wildman–Crippen MR) is 132 cm³/mol. The third-order valence-electron chi connectivity index (χ3n) is 7.37. The minimum atomic E-state index is -0.949. The Labute approximate surface area is 197 Å². The van der Waals surface area contributed by atoms with Gasteiger partial charge in [0.25, 0.3) is 5.91 Å². The molecule has 5 rings (SSSR count). The molecular formula is C28H29NO3S. The van der Waals surface area contributed by atoms with E-state index in [0.29, 0.717) is 24.4 Å². The first kappa shape index (κ1) is 21.9. The highest BCUT2D eigenvalue weighted by molar-refractivity contribution is 7.85. The van der Waals surface area contributed by atoms with E-state index in [1.54, 1.807) is 18.2 Å². The summed E-state index contributed by atoms with van der Waals surface area (Å²) in [5, 5.41) is 9.82. The summed E-state index contributed by atoms with van der Waals surface area (Å²) in [5.41, 5.74) is 3.00. The molecule has 2 saturated heterocycles. The predicted octanol–water partition coefficient (Wildman–Crippen LogP) is 4.46. The van der Waals surface area contributed by atoms with Gasteiger partial charge in [0.05, 0.1) is 5.25 Å². The van der Waals surface area contributed by atoms with Crippen molar-refractivity contribution >= 4 is 16.7 Å². The second-order valence-corrected chi connectivity index (χ2v) is 11.2. The molecule has 2 aliphatic rings. The molecule has 0 aromatic heterocycles. The van der Waals surface area contributed by atoms with E-state index in [2.05, 4.69) is 48.5 Å². The van der Waals surface area contributed by atoms with E-state index in [1.165, 1.54) is 17.2 Å². The monoisotopic (exact) mass is 459 g/mol. The number of benzene rings is 3. The van der Waals surface area contributed by atoms with Crippen LogP contribution < -0.4 is 0 Å². The van der Waals surface area contributed by atoms with Gasteiger partial charge in [-0.15, -0.1) is 0 Å². The molecule has 170 valence electrons. The summed E-state index contributed by atoms with van der Waals surface area (Å²) in [5.74, 6) is 0.831. The lowest BCUT2D eigenvalue weighted by molar-refractivity contribution is 0.0759. The Morgan fingerprint density at radius 2 is 1.55 bits per heavy atom. The van der Waals surface area contributed by atoms with Crippen LogP contribution in [0.3, 0.4) is 0 Å². The lowest BCUT2D eigenvalue weighted by atomic mass is 9.65. The number of carbonyl (C=O) groups excluding carboxylic acids is 1. The van der Waals surface area contributed by atoms with Gasteiger partial charge in [-0.3, -0.25) is 9.00 Å². The first-order valence-electron chi connectivity index (χ1n) is 11.6. The molecule has 3 aromatic rings. The normalized spacial score (nSPS) is 23.8. The number of carbonyl (C=O) groups is 1. The van der Waals surface area contributed by atoms with Crippen LogP contribution in [0.25, 0.3) is 0 Å². The number of phenols is 1. The maximum atomic E-state index is 13.3. The number of likely N-dealkylation sites (tertiary alicyclic amines) is 1. The Kier molecular flexibility index (Phi) is 6.07. The van der Waals surface area contributed by atoms with E-state index in [0.717, 1.165) is 19.3 Å². The Bertz CT molecular complexity index is 1110. The van der Waals surface area contributed by atoms with Crippen LogP contribution in [0.4, 0.5) is 0 Å². The maximum Gasteiger partial charge on any atom is 0.254 e. The Morgan fingerprint density at radius 3 is 2.15 bits per heavy atom. The number of rotatable bonds is 5. The highest BCUT2D eigenvalue weighted by Crippen LogP contribution is 2.48. The van der Waals surface area contributed by atoms with Gasteiger partial charge in [-0.05, 0) is 59.9 Å². The molecule has 4 nitrogen and oxygen atoms in total. The lowest BCUT2D eigenvalue weighted by Crippen LogP contribution is -2.48. The largest absolute Gasteiger partial charge is 0.508 e. The number of amides is 1. The van der Waals surface area contributed by atoms with Gasteiger partial charge in [-0.2, -0.15) is 0 Å². The first-order valence-corrected chi connectivity index (χ1v) is 13.0. The van der Waals surface area contributed by atoms with Crippen LogP contribution in [-0.2, 0) is 23.6 Å². The van der Waals surface area contributed by atoms with Crippen molar-refractivity contribution in [2.24, 2.45) is 11.3 Å². The molecule has 5 heteroatoms. The van der Waals surface area contributed by atoms with Crippen molar-refractivity contribution in [3.8, 4) is 5.75 Å². The van der Waals surface area contributed by atoms with Crippen molar-refractivity contribution in [1.82, 2.24) is 4.90 Å². The van der Waals surface area contributed by atoms with Gasteiger partial charge in [0, 0.05) is 35.2 Å². The van der Waals surface area contributed by atoms with E-state index < -0.39 is 10.8 Å². The summed E-state index contributed by atoms with van der Waals surface area (Å²) in [4.78, 5) is 15.2. The van der Waals surface area contributed by atoms with Crippen molar-refractivity contribution in [2.45, 2.75) is 24.5 Å². The van der Waals surface area contributed by atoms with Crippen LogP contribution in [0.1, 0.15) is 27.9 Å². The zero-order valence-corrected chi connectivity index (χ0v) is 19.4. The standard InChI is InChI=1S/C28H29NO3S/c30-24-13-7-12-23(16-24)27(31)29-19-25-26(20-29)33(32)15-14-28(25,17-21-8-3-1-4-9-21)18-22-10-5-2-6-11-22/h1-13,16,25-26,30H,14-15,17-20H2. The molecule has 0 radical (unpaired) electrons. The molecular weight excluding hydrogens is 430 g/mol. The summed E-state index contributed by atoms with van der Waals surface area (Å²) in [6, 6.07) is 27.6. The van der Waals surface area contributed by atoms with Crippen LogP contribution in [0.2, 0.25) is 0 Å². The number of fused-ring (bicyclic) bond motifs is 1. The number of hydrogen-bond acceptors (Lipinski definition) is 3. The number of aromatic hydroxyl groups is 1. The van der Waals surface area contributed by atoms with Crippen LogP contribution in [-0.4, -0.2) is 44.2 Å². The minimum absolute atomic E-state index is 0.0209. The van der Waals surface area contributed by atoms with E-state index in [-0.39, 0.29) is 28.2 Å². The van der Waals surface area contributed by atoms with Crippen molar-refractivity contribution in [3.63, 3.8) is 0 Å². The van der Waals surface area contributed by atoms with E-state index in [1.807, 2.05) is 17.0 Å². The third kappa shape index (κ3) is 4.47. The molecule has 3 atom stereocenters. The van der Waals surface area contributed by atoms with Crippen molar-refractivity contribution in [2.75, 3.05) is 18.8 Å². The first-order chi connectivity index (χ1) is 16.0. The highest BCUT2D eigenvalue weighted by Gasteiger charge is 2.53. The number of phenolic OH excluding ortho intramolecular Hbond substituents is 1. The van der Waals surface area contributed by atoms with Gasteiger partial charge in [-0.25, -0.2) is 0 Å². The van der Waals surface area contributed by atoms with Crippen LogP contribution in [0.5, 0.6) is 5.75 Å². The van der Waals surface area contributed by atoms with Crippen LogP contribution >= 0.6 is 0 Å². The van der Waals surface area contributed by atoms with Gasteiger partial charge in [0.15, 0.2) is 0 Å². The second-order valence-electron chi connectivity index (χ2n) is 9.43. The summed E-state index contributed by atoms with van der Waals surface area (Å²) in [7, 11) is -0.949. The van der Waals surface area contributed by atoms with E-state index in [4.69, 9.17) is 0 Å². The molecule has 0 aliphatic carbocycles. The molecule has 3 unspecified atom stereocenters. The highest BCUT2D eigenvalue weighted by atomic mass is 32.2. The fourth-order valence-electron chi connectivity index (χ4n) is 5.76. The number of hydrogen-bond donors (Lipinski definition) is 1. The molecule has 1 N–H and O–H groups in total. The summed E-state index contributed by atoms with van der Waals surface area (Å²) in [6.07, 6.45) is 2.71. The fourth-order valence-corrected chi connectivity index (χ4v) is 7.76. The maximum absolute atomic E-state index is 13.3. The van der Waals surface area contributed by atoms with Crippen molar-refractivity contribution < 1.29 is 14.1 Å².